The Bertz CT molecular complexity index is 196. The Kier molecular flexibility index (Phi) is 4.62. The molecule has 0 radical (unpaired) electrons. The van der Waals surface area contributed by atoms with Crippen molar-refractivity contribution in [3.05, 3.63) is 0 Å². The molecular formula is C13H26N2O. The van der Waals surface area contributed by atoms with Gasteiger partial charge in [0.25, 0.3) is 0 Å². The van der Waals surface area contributed by atoms with Gasteiger partial charge in [0, 0.05) is 19.7 Å². The molecule has 1 saturated carbocycles. The van der Waals surface area contributed by atoms with Gasteiger partial charge in [-0.15, -0.1) is 0 Å². The van der Waals surface area contributed by atoms with Crippen LogP contribution in [-0.2, 0) is 4.74 Å². The Morgan fingerprint density at radius 3 is 2.38 bits per heavy atom. The summed E-state index contributed by atoms with van der Waals surface area (Å²) in [4.78, 5) is 2.55. The number of ether oxygens (including phenoxy) is 1. The highest BCUT2D eigenvalue weighted by Gasteiger charge is 2.33. The van der Waals surface area contributed by atoms with Crippen molar-refractivity contribution in [3.63, 3.8) is 0 Å². The lowest BCUT2D eigenvalue weighted by molar-refractivity contribution is -0.0362. The predicted octanol–water partition coefficient (Wildman–Crippen LogP) is 1.76. The molecule has 1 heterocycles. The van der Waals surface area contributed by atoms with Crippen LogP contribution in [0.15, 0.2) is 0 Å². The van der Waals surface area contributed by atoms with Crippen LogP contribution < -0.4 is 5.73 Å². The van der Waals surface area contributed by atoms with E-state index in [1.54, 1.807) is 0 Å². The number of hydrogen-bond acceptors (Lipinski definition) is 3. The Labute approximate surface area is 99.3 Å². The van der Waals surface area contributed by atoms with Gasteiger partial charge in [0.15, 0.2) is 0 Å². The molecule has 2 fully saturated rings. The number of likely N-dealkylation sites (tertiary alicyclic amines) is 1. The van der Waals surface area contributed by atoms with Crippen molar-refractivity contribution in [1.29, 1.82) is 0 Å². The van der Waals surface area contributed by atoms with E-state index in [2.05, 4.69) is 4.90 Å². The summed E-state index contributed by atoms with van der Waals surface area (Å²) in [5.41, 5.74) is 5.88. The number of rotatable bonds is 6. The third kappa shape index (κ3) is 3.19. The van der Waals surface area contributed by atoms with Gasteiger partial charge in [-0.05, 0) is 45.2 Å². The van der Waals surface area contributed by atoms with Crippen molar-refractivity contribution < 1.29 is 4.74 Å². The second kappa shape index (κ2) is 5.99. The summed E-state index contributed by atoms with van der Waals surface area (Å²) in [6, 6.07) is 0. The van der Waals surface area contributed by atoms with E-state index in [4.69, 9.17) is 10.5 Å². The largest absolute Gasteiger partial charge is 0.374 e. The third-order valence-electron chi connectivity index (χ3n) is 4.11. The zero-order valence-corrected chi connectivity index (χ0v) is 10.4. The molecule has 2 N–H and O–H groups in total. The molecule has 0 aromatic rings. The Morgan fingerprint density at radius 2 is 1.75 bits per heavy atom. The van der Waals surface area contributed by atoms with Gasteiger partial charge in [-0.1, -0.05) is 12.8 Å². The summed E-state index contributed by atoms with van der Waals surface area (Å²) < 4.78 is 6.05. The highest BCUT2D eigenvalue weighted by Crippen LogP contribution is 2.32. The fourth-order valence-electron chi connectivity index (χ4n) is 3.01. The highest BCUT2D eigenvalue weighted by molar-refractivity contribution is 4.87. The van der Waals surface area contributed by atoms with E-state index in [1.165, 1.54) is 64.6 Å². The first-order valence-electron chi connectivity index (χ1n) is 6.91. The number of nitrogens with zero attached hydrogens (tertiary/aromatic N) is 1. The minimum absolute atomic E-state index is 0.0466. The van der Waals surface area contributed by atoms with Crippen LogP contribution in [0, 0.1) is 0 Å². The molecule has 3 heteroatoms. The van der Waals surface area contributed by atoms with E-state index in [-0.39, 0.29) is 5.60 Å². The SMILES string of the molecule is NCC1(OCCCN2CCCC2)CCCC1. The average Bonchev–Trinajstić information content (AvgIpc) is 2.97. The van der Waals surface area contributed by atoms with Gasteiger partial charge in [-0.2, -0.15) is 0 Å². The Morgan fingerprint density at radius 1 is 1.06 bits per heavy atom. The highest BCUT2D eigenvalue weighted by atomic mass is 16.5. The molecular weight excluding hydrogens is 200 g/mol. The lowest BCUT2D eigenvalue weighted by Gasteiger charge is -2.28. The molecule has 0 aromatic heterocycles. The van der Waals surface area contributed by atoms with E-state index in [0.29, 0.717) is 6.54 Å². The molecule has 1 aliphatic carbocycles. The monoisotopic (exact) mass is 226 g/mol. The normalized spacial score (nSPS) is 25.3. The molecule has 3 nitrogen and oxygen atoms in total. The average molecular weight is 226 g/mol. The quantitative estimate of drug-likeness (QED) is 0.701. The van der Waals surface area contributed by atoms with E-state index in [1.807, 2.05) is 0 Å². The molecule has 0 unspecified atom stereocenters. The van der Waals surface area contributed by atoms with Crippen LogP contribution in [0.4, 0.5) is 0 Å². The van der Waals surface area contributed by atoms with Gasteiger partial charge in [0.2, 0.25) is 0 Å². The molecule has 0 spiro atoms. The Hall–Kier alpha value is -0.120. The second-order valence-corrected chi connectivity index (χ2v) is 5.35. The van der Waals surface area contributed by atoms with Crippen LogP contribution >= 0.6 is 0 Å². The zero-order chi connectivity index (χ0) is 11.3. The maximum absolute atomic E-state index is 6.05. The smallest absolute Gasteiger partial charge is 0.0804 e. The zero-order valence-electron chi connectivity index (χ0n) is 10.4. The van der Waals surface area contributed by atoms with Crippen molar-refractivity contribution in [2.75, 3.05) is 32.8 Å². The minimum Gasteiger partial charge on any atom is -0.374 e. The van der Waals surface area contributed by atoms with Crippen molar-refractivity contribution >= 4 is 0 Å². The summed E-state index contributed by atoms with van der Waals surface area (Å²) in [7, 11) is 0. The summed E-state index contributed by atoms with van der Waals surface area (Å²) in [6.45, 7) is 5.40. The van der Waals surface area contributed by atoms with Gasteiger partial charge in [-0.3, -0.25) is 0 Å². The van der Waals surface area contributed by atoms with Gasteiger partial charge >= 0.3 is 0 Å². The fraction of sp³-hybridized carbons (Fsp3) is 1.00. The molecule has 1 saturated heterocycles. The lowest BCUT2D eigenvalue weighted by Crippen LogP contribution is -2.38. The van der Waals surface area contributed by atoms with Crippen LogP contribution in [0.2, 0.25) is 0 Å². The van der Waals surface area contributed by atoms with Crippen LogP contribution in [0.1, 0.15) is 44.9 Å². The molecule has 0 aromatic carbocycles. The van der Waals surface area contributed by atoms with Crippen LogP contribution in [0.25, 0.3) is 0 Å². The molecule has 2 aliphatic rings. The van der Waals surface area contributed by atoms with Crippen molar-refractivity contribution in [3.8, 4) is 0 Å². The van der Waals surface area contributed by atoms with Gasteiger partial charge in [0.1, 0.15) is 0 Å². The lowest BCUT2D eigenvalue weighted by atomic mass is 10.0. The number of hydrogen-bond donors (Lipinski definition) is 1. The summed E-state index contributed by atoms with van der Waals surface area (Å²) >= 11 is 0. The molecule has 2 rings (SSSR count). The molecule has 1 aliphatic heterocycles. The van der Waals surface area contributed by atoms with Crippen molar-refractivity contribution in [1.82, 2.24) is 4.90 Å². The van der Waals surface area contributed by atoms with E-state index >= 15 is 0 Å². The van der Waals surface area contributed by atoms with Crippen LogP contribution in [0.5, 0.6) is 0 Å². The second-order valence-electron chi connectivity index (χ2n) is 5.35. The van der Waals surface area contributed by atoms with Crippen LogP contribution in [0.3, 0.4) is 0 Å². The standard InChI is InChI=1S/C13H26N2O/c14-12-13(6-1-2-7-13)16-11-5-10-15-8-3-4-9-15/h1-12,14H2. The maximum Gasteiger partial charge on any atom is 0.0804 e. The van der Waals surface area contributed by atoms with E-state index in [0.717, 1.165) is 6.61 Å². The van der Waals surface area contributed by atoms with Gasteiger partial charge in [-0.25, -0.2) is 0 Å². The summed E-state index contributed by atoms with van der Waals surface area (Å²) in [6.07, 6.45) is 8.87. The Balaban J connectivity index is 1.59. The van der Waals surface area contributed by atoms with E-state index < -0.39 is 0 Å². The maximum atomic E-state index is 6.05. The predicted molar refractivity (Wildman–Crippen MR) is 66.5 cm³/mol. The minimum atomic E-state index is 0.0466. The van der Waals surface area contributed by atoms with Gasteiger partial charge in [0.05, 0.1) is 5.60 Å². The first kappa shape index (κ1) is 12.3. The summed E-state index contributed by atoms with van der Waals surface area (Å²) in [5.74, 6) is 0. The topological polar surface area (TPSA) is 38.5 Å². The van der Waals surface area contributed by atoms with E-state index in [9.17, 15) is 0 Å². The summed E-state index contributed by atoms with van der Waals surface area (Å²) in [5, 5.41) is 0. The first-order valence-corrected chi connectivity index (χ1v) is 6.91. The van der Waals surface area contributed by atoms with Crippen LogP contribution in [-0.4, -0.2) is 43.3 Å². The van der Waals surface area contributed by atoms with Crippen molar-refractivity contribution in [2.45, 2.75) is 50.5 Å². The molecule has 16 heavy (non-hydrogen) atoms. The van der Waals surface area contributed by atoms with Crippen molar-refractivity contribution in [2.24, 2.45) is 5.73 Å². The van der Waals surface area contributed by atoms with Gasteiger partial charge < -0.3 is 15.4 Å². The third-order valence-corrected chi connectivity index (χ3v) is 4.11. The molecule has 94 valence electrons. The molecule has 0 atom stereocenters. The fourth-order valence-corrected chi connectivity index (χ4v) is 3.01. The molecule has 0 bridgehead atoms. The number of nitrogens with two attached hydrogens (primary N) is 1. The first-order chi connectivity index (χ1) is 7.85. The molecule has 0 amide bonds.